The molecule has 4 nitrogen and oxygen atoms in total. The van der Waals surface area contributed by atoms with Crippen LogP contribution < -0.4 is 10.6 Å². The largest absolute Gasteiger partial charge is 0.374 e. The van der Waals surface area contributed by atoms with Crippen molar-refractivity contribution in [3.63, 3.8) is 0 Å². The number of hydrogen-bond acceptors (Lipinski definition) is 3. The second-order valence-corrected chi connectivity index (χ2v) is 7.69. The first-order valence-electron chi connectivity index (χ1n) is 9.54. The molecule has 0 aromatic heterocycles. The monoisotopic (exact) mass is 363 g/mol. The van der Waals surface area contributed by atoms with Gasteiger partial charge in [-0.15, -0.1) is 0 Å². The molecular formula is C20H33N3OS. The van der Waals surface area contributed by atoms with Gasteiger partial charge in [0.15, 0.2) is 5.11 Å². The van der Waals surface area contributed by atoms with Crippen LogP contribution in [0.25, 0.3) is 0 Å². The Morgan fingerprint density at radius 1 is 1.32 bits per heavy atom. The van der Waals surface area contributed by atoms with Gasteiger partial charge in [-0.05, 0) is 48.7 Å². The zero-order valence-electron chi connectivity index (χ0n) is 15.9. The van der Waals surface area contributed by atoms with Gasteiger partial charge in [0, 0.05) is 31.9 Å². The van der Waals surface area contributed by atoms with E-state index in [-0.39, 0.29) is 6.10 Å². The molecule has 1 fully saturated rings. The Bertz CT molecular complexity index is 518. The van der Waals surface area contributed by atoms with Crippen LogP contribution >= 0.6 is 12.2 Å². The third-order valence-corrected chi connectivity index (χ3v) is 4.61. The van der Waals surface area contributed by atoms with Crippen molar-refractivity contribution in [3.8, 4) is 0 Å². The van der Waals surface area contributed by atoms with Crippen LogP contribution in [-0.2, 0) is 11.2 Å². The molecule has 1 aliphatic rings. The quantitative estimate of drug-likeness (QED) is 0.689. The highest BCUT2D eigenvalue weighted by Crippen LogP contribution is 2.12. The summed E-state index contributed by atoms with van der Waals surface area (Å²) in [5, 5.41) is 7.21. The van der Waals surface area contributed by atoms with Gasteiger partial charge in [0.05, 0.1) is 12.7 Å². The third-order valence-electron chi connectivity index (χ3n) is 4.37. The summed E-state index contributed by atoms with van der Waals surface area (Å²) in [6.45, 7) is 11.4. The first-order chi connectivity index (χ1) is 12.1. The van der Waals surface area contributed by atoms with Gasteiger partial charge in [-0.1, -0.05) is 39.3 Å². The lowest BCUT2D eigenvalue weighted by molar-refractivity contribution is -0.0283. The lowest BCUT2D eigenvalue weighted by Crippen LogP contribution is -2.48. The minimum atomic E-state index is 0.198. The molecule has 1 aromatic carbocycles. The number of morpholine rings is 1. The minimum Gasteiger partial charge on any atom is -0.374 e. The number of thiocarbonyl (C=S) groups is 1. The van der Waals surface area contributed by atoms with Crippen molar-refractivity contribution in [2.75, 3.05) is 38.1 Å². The molecule has 1 aromatic rings. The number of aryl methyl sites for hydroxylation is 1. The molecule has 25 heavy (non-hydrogen) atoms. The molecule has 0 unspecified atom stereocenters. The Morgan fingerprint density at radius 3 is 2.76 bits per heavy atom. The van der Waals surface area contributed by atoms with Gasteiger partial charge in [-0.25, -0.2) is 0 Å². The number of anilines is 1. The SMILES string of the molecule is CCCCc1ccc(NC(=S)NC[C@H]2CN(CC(C)C)CCO2)cc1. The lowest BCUT2D eigenvalue weighted by atomic mass is 10.1. The van der Waals surface area contributed by atoms with E-state index in [2.05, 4.69) is 60.6 Å². The highest BCUT2D eigenvalue weighted by molar-refractivity contribution is 7.80. The molecule has 2 N–H and O–H groups in total. The van der Waals surface area contributed by atoms with E-state index in [0.717, 1.165) is 44.9 Å². The molecule has 1 aliphatic heterocycles. The maximum Gasteiger partial charge on any atom is 0.170 e. The van der Waals surface area contributed by atoms with E-state index in [4.69, 9.17) is 17.0 Å². The van der Waals surface area contributed by atoms with E-state index in [1.807, 2.05) is 0 Å². The molecular weight excluding hydrogens is 330 g/mol. The number of nitrogens with zero attached hydrogens (tertiary/aromatic N) is 1. The fourth-order valence-corrected chi connectivity index (χ4v) is 3.30. The van der Waals surface area contributed by atoms with E-state index >= 15 is 0 Å². The van der Waals surface area contributed by atoms with Gasteiger partial charge >= 0.3 is 0 Å². The van der Waals surface area contributed by atoms with Crippen LogP contribution in [0.15, 0.2) is 24.3 Å². The smallest absolute Gasteiger partial charge is 0.170 e. The van der Waals surface area contributed by atoms with E-state index in [1.165, 1.54) is 18.4 Å². The maximum absolute atomic E-state index is 5.85. The Kier molecular flexibility index (Phi) is 8.65. The van der Waals surface area contributed by atoms with Crippen LogP contribution in [0, 0.1) is 5.92 Å². The molecule has 2 rings (SSSR count). The maximum atomic E-state index is 5.85. The number of hydrogen-bond donors (Lipinski definition) is 2. The van der Waals surface area contributed by atoms with Crippen molar-refractivity contribution < 1.29 is 4.74 Å². The summed E-state index contributed by atoms with van der Waals surface area (Å²) in [5.41, 5.74) is 2.41. The van der Waals surface area contributed by atoms with E-state index < -0.39 is 0 Å². The molecule has 140 valence electrons. The van der Waals surface area contributed by atoms with Crippen molar-refractivity contribution in [1.82, 2.24) is 10.2 Å². The van der Waals surface area contributed by atoms with Crippen molar-refractivity contribution in [3.05, 3.63) is 29.8 Å². The van der Waals surface area contributed by atoms with E-state index in [9.17, 15) is 0 Å². The van der Waals surface area contributed by atoms with Gasteiger partial charge in [0.2, 0.25) is 0 Å². The Hall–Kier alpha value is -1.17. The molecule has 5 heteroatoms. The van der Waals surface area contributed by atoms with Crippen molar-refractivity contribution in [2.24, 2.45) is 5.92 Å². The standard InChI is InChI=1S/C20H33N3OS/c1-4-5-6-17-7-9-18(10-8-17)22-20(25)21-13-19-15-23(11-12-24-19)14-16(2)3/h7-10,16,19H,4-6,11-15H2,1-3H3,(H2,21,22,25)/t19-/m0/s1. The third kappa shape index (κ3) is 7.72. The zero-order chi connectivity index (χ0) is 18.1. The van der Waals surface area contributed by atoms with Gasteiger partial charge < -0.3 is 15.4 Å². The molecule has 1 saturated heterocycles. The van der Waals surface area contributed by atoms with Crippen LogP contribution in [0.1, 0.15) is 39.2 Å². The number of unbranched alkanes of at least 4 members (excludes halogenated alkanes) is 1. The average molecular weight is 364 g/mol. The number of benzene rings is 1. The molecule has 0 saturated carbocycles. The number of ether oxygens (including phenoxy) is 1. The van der Waals surface area contributed by atoms with Gasteiger partial charge in [0.1, 0.15) is 0 Å². The van der Waals surface area contributed by atoms with Gasteiger partial charge in [0.25, 0.3) is 0 Å². The summed E-state index contributed by atoms with van der Waals surface area (Å²) >= 11 is 5.42. The van der Waals surface area contributed by atoms with Crippen molar-refractivity contribution >= 4 is 23.0 Å². The highest BCUT2D eigenvalue weighted by Gasteiger charge is 2.20. The molecule has 1 atom stereocenters. The molecule has 0 spiro atoms. The normalized spacial score (nSPS) is 18.3. The van der Waals surface area contributed by atoms with Crippen LogP contribution in [0.5, 0.6) is 0 Å². The zero-order valence-corrected chi connectivity index (χ0v) is 16.7. The molecule has 0 radical (unpaired) electrons. The summed E-state index contributed by atoms with van der Waals surface area (Å²) in [6, 6.07) is 8.55. The first-order valence-corrected chi connectivity index (χ1v) is 9.95. The van der Waals surface area contributed by atoms with Crippen LogP contribution in [0.4, 0.5) is 5.69 Å². The minimum absolute atomic E-state index is 0.198. The van der Waals surface area contributed by atoms with Crippen LogP contribution in [-0.4, -0.2) is 48.9 Å². The molecule has 0 amide bonds. The Balaban J connectivity index is 1.71. The van der Waals surface area contributed by atoms with Gasteiger partial charge in [-0.2, -0.15) is 0 Å². The summed E-state index contributed by atoms with van der Waals surface area (Å²) < 4.78 is 5.85. The topological polar surface area (TPSA) is 36.5 Å². The number of nitrogens with one attached hydrogen (secondary N) is 2. The molecule has 1 heterocycles. The highest BCUT2D eigenvalue weighted by atomic mass is 32.1. The van der Waals surface area contributed by atoms with Crippen LogP contribution in [0.3, 0.4) is 0 Å². The summed E-state index contributed by atoms with van der Waals surface area (Å²) in [5.74, 6) is 0.690. The summed E-state index contributed by atoms with van der Waals surface area (Å²) in [7, 11) is 0. The van der Waals surface area contributed by atoms with Crippen LogP contribution in [0.2, 0.25) is 0 Å². The summed E-state index contributed by atoms with van der Waals surface area (Å²) in [4.78, 5) is 2.48. The van der Waals surface area contributed by atoms with E-state index in [0.29, 0.717) is 11.0 Å². The lowest BCUT2D eigenvalue weighted by Gasteiger charge is -2.34. The fraction of sp³-hybridized carbons (Fsp3) is 0.650. The summed E-state index contributed by atoms with van der Waals surface area (Å²) in [6.07, 6.45) is 3.81. The predicted molar refractivity (Wildman–Crippen MR) is 110 cm³/mol. The Morgan fingerprint density at radius 2 is 2.08 bits per heavy atom. The van der Waals surface area contributed by atoms with Crippen molar-refractivity contribution in [1.29, 1.82) is 0 Å². The Labute approximate surface area is 158 Å². The van der Waals surface area contributed by atoms with Crippen molar-refractivity contribution in [2.45, 2.75) is 46.1 Å². The second-order valence-electron chi connectivity index (χ2n) is 7.28. The second kappa shape index (κ2) is 10.7. The fourth-order valence-electron chi connectivity index (χ4n) is 3.10. The molecule has 0 aliphatic carbocycles. The average Bonchev–Trinajstić information content (AvgIpc) is 2.59. The number of rotatable bonds is 8. The molecule has 0 bridgehead atoms. The predicted octanol–water partition coefficient (Wildman–Crippen LogP) is 3.67. The van der Waals surface area contributed by atoms with Gasteiger partial charge in [-0.3, -0.25) is 4.90 Å². The first kappa shape index (κ1) is 20.1. The van der Waals surface area contributed by atoms with E-state index in [1.54, 1.807) is 0 Å².